The SMILES string of the molecule is C1=CCCC(CC(C2=COC=CO2)N(c2ccc3oc4ccccc4c3c2)C(C2=CC=CCC2)C2=COC=CO2)=C1. The fourth-order valence-electron chi connectivity index (χ4n) is 5.97. The van der Waals surface area contributed by atoms with Crippen molar-refractivity contribution in [1.82, 2.24) is 0 Å². The Morgan fingerprint density at radius 1 is 0.732 bits per heavy atom. The van der Waals surface area contributed by atoms with Gasteiger partial charge in [-0.25, -0.2) is 0 Å². The first kappa shape index (κ1) is 25.1. The van der Waals surface area contributed by atoms with Crippen LogP contribution in [0.1, 0.15) is 32.1 Å². The van der Waals surface area contributed by atoms with Gasteiger partial charge in [0, 0.05) is 16.5 Å². The van der Waals surface area contributed by atoms with Crippen molar-refractivity contribution in [3.05, 3.63) is 139 Å². The Bertz CT molecular complexity index is 1700. The fourth-order valence-corrected chi connectivity index (χ4v) is 5.97. The molecule has 0 amide bonds. The summed E-state index contributed by atoms with van der Waals surface area (Å²) in [5.74, 6) is 1.44. The molecular weight excluding hydrogens is 514 g/mol. The lowest BCUT2D eigenvalue weighted by molar-refractivity contribution is 0.218. The molecule has 7 rings (SSSR count). The number of ether oxygens (including phenoxy) is 4. The van der Waals surface area contributed by atoms with E-state index in [1.54, 1.807) is 37.6 Å². The average molecular weight is 546 g/mol. The molecule has 41 heavy (non-hydrogen) atoms. The lowest BCUT2D eigenvalue weighted by atomic mass is 9.90. The van der Waals surface area contributed by atoms with Gasteiger partial charge in [-0.1, -0.05) is 60.2 Å². The zero-order valence-corrected chi connectivity index (χ0v) is 22.6. The van der Waals surface area contributed by atoms with Crippen molar-refractivity contribution in [2.75, 3.05) is 4.90 Å². The van der Waals surface area contributed by atoms with Crippen LogP contribution in [0.25, 0.3) is 21.9 Å². The van der Waals surface area contributed by atoms with E-state index in [0.717, 1.165) is 65.5 Å². The number of hydrogen-bond acceptors (Lipinski definition) is 6. The first-order valence-corrected chi connectivity index (χ1v) is 14.1. The molecule has 4 aliphatic rings. The molecule has 0 saturated carbocycles. The van der Waals surface area contributed by atoms with E-state index in [2.05, 4.69) is 65.6 Å². The zero-order chi connectivity index (χ0) is 27.4. The molecule has 2 aliphatic carbocycles. The number of para-hydroxylation sites is 1. The summed E-state index contributed by atoms with van der Waals surface area (Å²) in [6.07, 6.45) is 27.4. The van der Waals surface area contributed by atoms with Crippen LogP contribution in [0.5, 0.6) is 0 Å². The average Bonchev–Trinajstić information content (AvgIpc) is 3.42. The van der Waals surface area contributed by atoms with Gasteiger partial charge in [-0.2, -0.15) is 0 Å². The standard InChI is InChI=1S/C35H31NO5/c1-3-9-25(10-4-1)21-30(33-23-37-17-19-39-33)36(35(26-11-5-2-6-12-26)34-24-38-18-20-40-34)27-15-16-32-29(22-27)28-13-7-8-14-31(28)41-32/h1-3,5,7-9,11,13-20,22-24,30,35H,4,6,10,12,21H2. The van der Waals surface area contributed by atoms with Gasteiger partial charge in [0.1, 0.15) is 54.8 Å². The summed E-state index contributed by atoms with van der Waals surface area (Å²) in [4.78, 5) is 2.40. The normalized spacial score (nSPS) is 19.2. The summed E-state index contributed by atoms with van der Waals surface area (Å²) >= 11 is 0. The molecule has 0 bridgehead atoms. The minimum atomic E-state index is -0.263. The minimum absolute atomic E-state index is 0.208. The Balaban J connectivity index is 1.44. The first-order chi connectivity index (χ1) is 20.3. The highest BCUT2D eigenvalue weighted by molar-refractivity contribution is 6.06. The molecule has 3 aromatic rings. The third kappa shape index (κ3) is 5.09. The van der Waals surface area contributed by atoms with Gasteiger partial charge < -0.3 is 28.3 Å². The van der Waals surface area contributed by atoms with E-state index >= 15 is 0 Å². The van der Waals surface area contributed by atoms with Gasteiger partial charge in [0.2, 0.25) is 0 Å². The van der Waals surface area contributed by atoms with Gasteiger partial charge in [0.05, 0.1) is 6.04 Å². The number of hydrogen-bond donors (Lipinski definition) is 0. The highest BCUT2D eigenvalue weighted by Crippen LogP contribution is 2.40. The Kier molecular flexibility index (Phi) is 6.95. The van der Waals surface area contributed by atoms with Crippen molar-refractivity contribution < 1.29 is 23.4 Å². The number of nitrogens with zero attached hydrogens (tertiary/aromatic N) is 1. The van der Waals surface area contributed by atoms with Gasteiger partial charge >= 0.3 is 0 Å². The van der Waals surface area contributed by atoms with Crippen molar-refractivity contribution in [3.63, 3.8) is 0 Å². The van der Waals surface area contributed by atoms with Crippen LogP contribution in [0.3, 0.4) is 0 Å². The van der Waals surface area contributed by atoms with Crippen LogP contribution in [0, 0.1) is 0 Å². The molecule has 6 nitrogen and oxygen atoms in total. The van der Waals surface area contributed by atoms with Crippen molar-refractivity contribution in [1.29, 1.82) is 0 Å². The van der Waals surface area contributed by atoms with E-state index in [1.165, 1.54) is 11.1 Å². The molecule has 2 atom stereocenters. The minimum Gasteiger partial charge on any atom is -0.466 e. The largest absolute Gasteiger partial charge is 0.466 e. The third-order valence-corrected chi connectivity index (χ3v) is 7.87. The molecule has 3 heterocycles. The maximum atomic E-state index is 6.19. The molecule has 6 heteroatoms. The van der Waals surface area contributed by atoms with Gasteiger partial charge in [0.15, 0.2) is 11.5 Å². The second kappa shape index (κ2) is 11.3. The molecule has 0 radical (unpaired) electrons. The fraction of sp³-hybridized carbons (Fsp3) is 0.200. The van der Waals surface area contributed by atoms with E-state index in [1.807, 2.05) is 18.2 Å². The number of benzene rings is 2. The topological polar surface area (TPSA) is 53.3 Å². The van der Waals surface area contributed by atoms with Gasteiger partial charge in [0.25, 0.3) is 0 Å². The van der Waals surface area contributed by atoms with Crippen LogP contribution in [0.4, 0.5) is 5.69 Å². The molecule has 2 aliphatic heterocycles. The van der Waals surface area contributed by atoms with Crippen molar-refractivity contribution in [3.8, 4) is 0 Å². The summed E-state index contributed by atoms with van der Waals surface area (Å²) in [5, 5.41) is 2.14. The maximum Gasteiger partial charge on any atom is 0.165 e. The Morgan fingerprint density at radius 2 is 1.49 bits per heavy atom. The van der Waals surface area contributed by atoms with Crippen LogP contribution in [0.2, 0.25) is 0 Å². The predicted octanol–water partition coefficient (Wildman–Crippen LogP) is 8.79. The Morgan fingerprint density at radius 3 is 2.22 bits per heavy atom. The molecule has 0 N–H and O–H groups in total. The number of allylic oxidation sites excluding steroid dienone is 6. The van der Waals surface area contributed by atoms with Crippen LogP contribution in [-0.4, -0.2) is 12.1 Å². The van der Waals surface area contributed by atoms with E-state index in [-0.39, 0.29) is 12.1 Å². The van der Waals surface area contributed by atoms with Gasteiger partial charge in [-0.3, -0.25) is 0 Å². The summed E-state index contributed by atoms with van der Waals surface area (Å²) < 4.78 is 29.9. The highest BCUT2D eigenvalue weighted by Gasteiger charge is 2.37. The Labute approximate surface area is 239 Å². The molecule has 0 saturated heterocycles. The number of fused-ring (bicyclic) bond motifs is 3. The van der Waals surface area contributed by atoms with Gasteiger partial charge in [-0.05, 0) is 61.9 Å². The quantitative estimate of drug-likeness (QED) is 0.282. The summed E-state index contributed by atoms with van der Waals surface area (Å²) in [6, 6.07) is 14.1. The Hall–Kier alpha value is -4.84. The van der Waals surface area contributed by atoms with Crippen molar-refractivity contribution in [2.45, 2.75) is 44.2 Å². The summed E-state index contributed by atoms with van der Waals surface area (Å²) in [7, 11) is 0. The highest BCUT2D eigenvalue weighted by atomic mass is 16.5. The van der Waals surface area contributed by atoms with Crippen molar-refractivity contribution in [2.24, 2.45) is 0 Å². The first-order valence-electron chi connectivity index (χ1n) is 14.1. The lowest BCUT2D eigenvalue weighted by Gasteiger charge is -2.42. The number of anilines is 1. The lowest BCUT2D eigenvalue weighted by Crippen LogP contribution is -2.48. The predicted molar refractivity (Wildman–Crippen MR) is 160 cm³/mol. The second-order valence-corrected chi connectivity index (χ2v) is 10.4. The molecule has 206 valence electrons. The smallest absolute Gasteiger partial charge is 0.165 e. The number of rotatable bonds is 8. The summed E-state index contributed by atoms with van der Waals surface area (Å²) in [6.45, 7) is 0. The number of furan rings is 1. The molecular formula is C35H31NO5. The van der Waals surface area contributed by atoms with Crippen LogP contribution in [0.15, 0.2) is 144 Å². The van der Waals surface area contributed by atoms with Crippen LogP contribution in [-0.2, 0) is 18.9 Å². The summed E-state index contributed by atoms with van der Waals surface area (Å²) in [5.41, 5.74) is 5.31. The van der Waals surface area contributed by atoms with E-state index < -0.39 is 0 Å². The van der Waals surface area contributed by atoms with E-state index in [4.69, 9.17) is 23.4 Å². The molecule has 1 aromatic heterocycles. The van der Waals surface area contributed by atoms with E-state index in [0.29, 0.717) is 5.76 Å². The molecule has 2 aromatic carbocycles. The molecule has 0 fully saturated rings. The maximum absolute atomic E-state index is 6.19. The van der Waals surface area contributed by atoms with E-state index in [9.17, 15) is 0 Å². The monoisotopic (exact) mass is 545 g/mol. The van der Waals surface area contributed by atoms with Gasteiger partial charge in [-0.15, -0.1) is 0 Å². The second-order valence-electron chi connectivity index (χ2n) is 10.4. The third-order valence-electron chi connectivity index (χ3n) is 7.87. The zero-order valence-electron chi connectivity index (χ0n) is 22.6. The van der Waals surface area contributed by atoms with Crippen molar-refractivity contribution >= 4 is 27.6 Å². The van der Waals surface area contributed by atoms with Crippen LogP contribution >= 0.6 is 0 Å². The van der Waals surface area contributed by atoms with Crippen LogP contribution < -0.4 is 4.90 Å². The molecule has 0 spiro atoms. The molecule has 2 unspecified atom stereocenters.